The zero-order chi connectivity index (χ0) is 25.8. The number of halogens is 2. The van der Waals surface area contributed by atoms with Crippen LogP contribution in [0.3, 0.4) is 0 Å². The van der Waals surface area contributed by atoms with E-state index in [2.05, 4.69) is 58.7 Å². The molecule has 0 saturated carbocycles. The topological polar surface area (TPSA) is 53.9 Å². The monoisotopic (exact) mass is 551 g/mol. The second-order valence-electron chi connectivity index (χ2n) is 8.84. The van der Waals surface area contributed by atoms with E-state index < -0.39 is 0 Å². The van der Waals surface area contributed by atoms with E-state index in [4.69, 9.17) is 32.9 Å². The quantitative estimate of drug-likeness (QED) is 0.337. The van der Waals surface area contributed by atoms with Crippen LogP contribution in [0.5, 0.6) is 0 Å². The van der Waals surface area contributed by atoms with Gasteiger partial charge in [-0.1, -0.05) is 95.6 Å². The molecule has 0 amide bonds. The highest BCUT2D eigenvalue weighted by Crippen LogP contribution is 2.35. The lowest BCUT2D eigenvalue weighted by Crippen LogP contribution is -2.47. The summed E-state index contributed by atoms with van der Waals surface area (Å²) >= 11 is 14.4. The van der Waals surface area contributed by atoms with Gasteiger partial charge in [0.25, 0.3) is 0 Å². The number of fused-ring (bicyclic) bond motifs is 1. The first kappa shape index (κ1) is 25.9. The van der Waals surface area contributed by atoms with Crippen LogP contribution in [0.25, 0.3) is 11.1 Å². The van der Waals surface area contributed by atoms with Crippen LogP contribution in [0.1, 0.15) is 18.1 Å². The van der Waals surface area contributed by atoms with Crippen LogP contribution in [0, 0.1) is 0 Å². The number of benzene rings is 3. The molecule has 8 heteroatoms. The van der Waals surface area contributed by atoms with E-state index in [1.165, 1.54) is 16.7 Å². The van der Waals surface area contributed by atoms with Crippen LogP contribution in [-0.4, -0.2) is 40.6 Å². The minimum absolute atomic E-state index is 0.0717. The van der Waals surface area contributed by atoms with Crippen molar-refractivity contribution in [2.45, 2.75) is 31.4 Å². The molecule has 37 heavy (non-hydrogen) atoms. The summed E-state index contributed by atoms with van der Waals surface area (Å²) in [4.78, 5) is 19.8. The smallest absolute Gasteiger partial charge is 0.335 e. The van der Waals surface area contributed by atoms with Crippen LogP contribution in [-0.2, 0) is 22.6 Å². The van der Waals surface area contributed by atoms with Crippen molar-refractivity contribution in [2.24, 2.45) is 4.99 Å². The molecule has 0 aliphatic carbocycles. The van der Waals surface area contributed by atoms with E-state index in [0.717, 1.165) is 10.7 Å². The summed E-state index contributed by atoms with van der Waals surface area (Å²) in [6, 6.07) is 24.2. The molecule has 0 radical (unpaired) electrons. The molecule has 2 heterocycles. The highest BCUT2D eigenvalue weighted by Gasteiger charge is 2.40. The van der Waals surface area contributed by atoms with Gasteiger partial charge in [0.2, 0.25) is 0 Å². The molecule has 190 valence electrons. The average molecular weight is 553 g/mol. The second-order valence-corrected chi connectivity index (χ2v) is 10.8. The van der Waals surface area contributed by atoms with Gasteiger partial charge in [-0.2, -0.15) is 0 Å². The maximum absolute atomic E-state index is 12.7. The van der Waals surface area contributed by atoms with Gasteiger partial charge >= 0.3 is 5.97 Å². The van der Waals surface area contributed by atoms with Crippen LogP contribution in [0.4, 0.5) is 0 Å². The van der Waals surface area contributed by atoms with Crippen molar-refractivity contribution in [1.82, 2.24) is 10.2 Å². The summed E-state index contributed by atoms with van der Waals surface area (Å²) in [5, 5.41) is 5.56. The number of carbonyl (C=O) groups excluding carboxylic acids is 1. The highest BCUT2D eigenvalue weighted by atomic mass is 35.5. The lowest BCUT2D eigenvalue weighted by Gasteiger charge is -2.35. The molecular formula is C29H27Cl2N3O2S. The first-order chi connectivity index (χ1) is 18.0. The van der Waals surface area contributed by atoms with E-state index in [-0.39, 0.29) is 17.4 Å². The molecular weight excluding hydrogens is 525 g/mol. The van der Waals surface area contributed by atoms with Crippen molar-refractivity contribution in [3.05, 3.63) is 106 Å². The number of nitrogens with zero attached hydrogens (tertiary/aromatic N) is 2. The molecule has 5 rings (SSSR count). The minimum Gasteiger partial charge on any atom is -0.463 e. The summed E-state index contributed by atoms with van der Waals surface area (Å²) in [5.41, 5.74) is 5.01. The molecule has 3 aromatic rings. The Hall–Kier alpha value is -2.77. The van der Waals surface area contributed by atoms with Crippen molar-refractivity contribution in [3.8, 4) is 11.1 Å². The number of rotatable bonds is 7. The number of nitrogens with one attached hydrogen (secondary N) is 1. The Morgan fingerprint density at radius 2 is 1.78 bits per heavy atom. The molecule has 0 aromatic heterocycles. The average Bonchev–Trinajstić information content (AvgIpc) is 3.33. The standard InChI is InChI=1S/C29H27Cl2N3O2S/c1-2-36-28(35)21-15-26-27(37-29(33-26)32-16-23-24(30)13-8-14-25(23)31)34(18-21)17-20-11-6-7-12-22(20)19-9-4-3-5-10-19/h3-15,26-27H,2,16-18H2,1H3,(H,32,33). The van der Waals surface area contributed by atoms with Crippen LogP contribution in [0.15, 0.2) is 89.4 Å². The zero-order valence-electron chi connectivity index (χ0n) is 20.4. The first-order valence-corrected chi connectivity index (χ1v) is 13.8. The molecule has 1 N–H and O–H groups in total. The zero-order valence-corrected chi connectivity index (χ0v) is 22.7. The molecule has 2 unspecified atom stereocenters. The fourth-order valence-corrected chi connectivity index (χ4v) is 6.32. The molecule has 1 saturated heterocycles. The molecule has 2 aliphatic rings. The van der Waals surface area contributed by atoms with Crippen LogP contribution in [0.2, 0.25) is 10.0 Å². The fraction of sp³-hybridized carbons (Fsp3) is 0.241. The van der Waals surface area contributed by atoms with Gasteiger partial charge in [-0.3, -0.25) is 9.89 Å². The summed E-state index contributed by atoms with van der Waals surface area (Å²) in [7, 11) is 0. The maximum Gasteiger partial charge on any atom is 0.335 e. The number of ether oxygens (including phenoxy) is 1. The van der Waals surface area contributed by atoms with E-state index in [1.54, 1.807) is 11.8 Å². The predicted molar refractivity (Wildman–Crippen MR) is 153 cm³/mol. The third-order valence-corrected chi connectivity index (χ3v) is 8.41. The van der Waals surface area contributed by atoms with Gasteiger partial charge in [0.15, 0.2) is 5.17 Å². The molecule has 0 spiro atoms. The van der Waals surface area contributed by atoms with Gasteiger partial charge in [-0.05, 0) is 41.8 Å². The van der Waals surface area contributed by atoms with Crippen molar-refractivity contribution >= 4 is 46.1 Å². The third-order valence-electron chi connectivity index (χ3n) is 6.40. The number of hydrogen-bond acceptors (Lipinski definition) is 5. The van der Waals surface area contributed by atoms with Gasteiger partial charge in [0.1, 0.15) is 0 Å². The van der Waals surface area contributed by atoms with E-state index in [9.17, 15) is 4.79 Å². The normalized spacial score (nSPS) is 20.3. The Kier molecular flexibility index (Phi) is 8.20. The van der Waals surface area contributed by atoms with Crippen molar-refractivity contribution in [1.29, 1.82) is 0 Å². The number of aliphatic imine (C=N–C) groups is 1. The minimum atomic E-state index is -0.276. The lowest BCUT2D eigenvalue weighted by molar-refractivity contribution is -0.139. The maximum atomic E-state index is 12.7. The number of esters is 1. The molecule has 5 nitrogen and oxygen atoms in total. The lowest BCUT2D eigenvalue weighted by atomic mass is 9.98. The Bertz CT molecular complexity index is 1330. The predicted octanol–water partition coefficient (Wildman–Crippen LogP) is 6.55. The molecule has 0 bridgehead atoms. The fourth-order valence-electron chi connectivity index (χ4n) is 4.64. The highest BCUT2D eigenvalue weighted by molar-refractivity contribution is 8.14. The largest absolute Gasteiger partial charge is 0.463 e. The Balaban J connectivity index is 1.42. The van der Waals surface area contributed by atoms with E-state index in [1.807, 2.05) is 37.3 Å². The molecule has 2 atom stereocenters. The third kappa shape index (κ3) is 5.88. The Labute approximate surface area is 231 Å². The molecule has 2 aliphatic heterocycles. The number of carbonyl (C=O) groups is 1. The van der Waals surface area contributed by atoms with Gasteiger partial charge in [0.05, 0.1) is 24.6 Å². The van der Waals surface area contributed by atoms with Crippen molar-refractivity contribution in [2.75, 3.05) is 13.2 Å². The van der Waals surface area contributed by atoms with E-state index in [0.29, 0.717) is 41.9 Å². The number of hydrogen-bond donors (Lipinski definition) is 1. The van der Waals surface area contributed by atoms with E-state index >= 15 is 0 Å². The first-order valence-electron chi connectivity index (χ1n) is 12.2. The SMILES string of the molecule is CCOC(=O)C1=CC2NC(=NCc3c(Cl)cccc3Cl)SC2N(Cc2ccccc2-c2ccccc2)C1. The summed E-state index contributed by atoms with van der Waals surface area (Å²) in [6.45, 7) is 3.72. The number of amidine groups is 1. The summed E-state index contributed by atoms with van der Waals surface area (Å²) in [6.07, 6.45) is 1.99. The summed E-state index contributed by atoms with van der Waals surface area (Å²) < 4.78 is 5.35. The van der Waals surface area contributed by atoms with Gasteiger partial charge in [0, 0.05) is 34.3 Å². The molecule has 1 fully saturated rings. The Morgan fingerprint density at radius 1 is 1.05 bits per heavy atom. The second kappa shape index (κ2) is 11.7. The van der Waals surface area contributed by atoms with Crippen molar-refractivity contribution < 1.29 is 9.53 Å². The Morgan fingerprint density at radius 3 is 2.54 bits per heavy atom. The van der Waals surface area contributed by atoms with Gasteiger partial charge in [-0.25, -0.2) is 4.79 Å². The summed E-state index contributed by atoms with van der Waals surface area (Å²) in [5.74, 6) is -0.276. The molecule has 3 aromatic carbocycles. The van der Waals surface area contributed by atoms with Crippen LogP contribution < -0.4 is 5.32 Å². The van der Waals surface area contributed by atoms with Crippen LogP contribution >= 0.6 is 35.0 Å². The van der Waals surface area contributed by atoms with Crippen molar-refractivity contribution in [3.63, 3.8) is 0 Å². The number of thioether (sulfide) groups is 1. The van der Waals surface area contributed by atoms with Gasteiger partial charge in [-0.15, -0.1) is 0 Å². The van der Waals surface area contributed by atoms with Gasteiger partial charge < -0.3 is 10.1 Å².